The molecule has 0 bridgehead atoms. The van der Waals surface area contributed by atoms with Gasteiger partial charge in [0.1, 0.15) is 19.0 Å². The van der Waals surface area contributed by atoms with Crippen LogP contribution < -0.4 is 24.4 Å². The van der Waals surface area contributed by atoms with E-state index < -0.39 is 0 Å². The first-order chi connectivity index (χ1) is 15.6. The molecule has 3 aromatic carbocycles. The van der Waals surface area contributed by atoms with Crippen LogP contribution in [0.4, 0.5) is 5.69 Å². The molecule has 6 heteroatoms. The number of methoxy groups -OCH3 is 1. The Morgan fingerprint density at radius 3 is 2.44 bits per heavy atom. The molecule has 0 spiro atoms. The van der Waals surface area contributed by atoms with Crippen molar-refractivity contribution in [2.75, 3.05) is 31.8 Å². The number of hydrogen-bond acceptors (Lipinski definition) is 5. The molecule has 1 aliphatic rings. The SMILES string of the molecule is COc1ccc(N(CC(=O)NC(C)c2ccc3c(c2)OCCO3)Cc2ccccc2)cc1. The molecule has 0 saturated heterocycles. The average Bonchev–Trinajstić information content (AvgIpc) is 2.84. The standard InChI is InChI=1S/C26H28N2O4/c1-19(21-8-13-24-25(16-21)32-15-14-31-24)27-26(29)18-28(17-20-6-4-3-5-7-20)22-9-11-23(30-2)12-10-22/h3-13,16,19H,14-15,17-18H2,1-2H3,(H,27,29). The van der Waals surface area contributed by atoms with Gasteiger partial charge in [0.15, 0.2) is 11.5 Å². The largest absolute Gasteiger partial charge is 0.497 e. The van der Waals surface area contributed by atoms with Gasteiger partial charge in [0, 0.05) is 12.2 Å². The first-order valence-corrected chi connectivity index (χ1v) is 10.7. The van der Waals surface area contributed by atoms with E-state index in [0.717, 1.165) is 34.1 Å². The molecule has 1 N–H and O–H groups in total. The zero-order chi connectivity index (χ0) is 22.3. The zero-order valence-electron chi connectivity index (χ0n) is 18.4. The van der Waals surface area contributed by atoms with Gasteiger partial charge in [-0.2, -0.15) is 0 Å². The lowest BCUT2D eigenvalue weighted by Crippen LogP contribution is -2.38. The Labute approximate surface area is 188 Å². The number of anilines is 1. The summed E-state index contributed by atoms with van der Waals surface area (Å²) in [4.78, 5) is 15.0. The molecular weight excluding hydrogens is 404 g/mol. The van der Waals surface area contributed by atoms with E-state index in [1.165, 1.54) is 0 Å². The van der Waals surface area contributed by atoms with E-state index in [1.54, 1.807) is 7.11 Å². The van der Waals surface area contributed by atoms with Gasteiger partial charge < -0.3 is 24.4 Å². The molecule has 1 atom stereocenters. The van der Waals surface area contributed by atoms with Crippen molar-refractivity contribution in [1.29, 1.82) is 0 Å². The second-order valence-corrected chi connectivity index (χ2v) is 7.73. The molecule has 4 rings (SSSR count). The van der Waals surface area contributed by atoms with Crippen molar-refractivity contribution in [3.05, 3.63) is 83.9 Å². The maximum absolute atomic E-state index is 13.0. The highest BCUT2D eigenvalue weighted by atomic mass is 16.6. The number of fused-ring (bicyclic) bond motifs is 1. The minimum atomic E-state index is -0.159. The molecule has 1 amide bonds. The minimum absolute atomic E-state index is 0.0564. The summed E-state index contributed by atoms with van der Waals surface area (Å²) in [6.07, 6.45) is 0. The number of carbonyl (C=O) groups excluding carboxylic acids is 1. The molecule has 6 nitrogen and oxygen atoms in total. The van der Waals surface area contributed by atoms with Crippen molar-refractivity contribution in [1.82, 2.24) is 5.32 Å². The number of nitrogens with zero attached hydrogens (tertiary/aromatic N) is 1. The van der Waals surface area contributed by atoms with Crippen LogP contribution in [0.3, 0.4) is 0 Å². The van der Waals surface area contributed by atoms with Crippen LogP contribution in [-0.2, 0) is 11.3 Å². The van der Waals surface area contributed by atoms with E-state index in [9.17, 15) is 4.79 Å². The van der Waals surface area contributed by atoms with Gasteiger partial charge in [-0.3, -0.25) is 4.79 Å². The normalized spacial score (nSPS) is 13.2. The monoisotopic (exact) mass is 432 g/mol. The summed E-state index contributed by atoms with van der Waals surface area (Å²) in [5.41, 5.74) is 3.06. The van der Waals surface area contributed by atoms with E-state index in [4.69, 9.17) is 14.2 Å². The van der Waals surface area contributed by atoms with Crippen molar-refractivity contribution in [2.45, 2.75) is 19.5 Å². The Bertz CT molecular complexity index is 1040. The smallest absolute Gasteiger partial charge is 0.240 e. The summed E-state index contributed by atoms with van der Waals surface area (Å²) in [5.74, 6) is 2.19. The summed E-state index contributed by atoms with van der Waals surface area (Å²) in [5, 5.41) is 3.11. The number of rotatable bonds is 8. The topological polar surface area (TPSA) is 60.0 Å². The third-order valence-electron chi connectivity index (χ3n) is 5.43. The van der Waals surface area contributed by atoms with Crippen LogP contribution in [-0.4, -0.2) is 32.8 Å². The molecule has 3 aromatic rings. The molecule has 0 aromatic heterocycles. The Kier molecular flexibility index (Phi) is 6.80. The highest BCUT2D eigenvalue weighted by Crippen LogP contribution is 2.32. The predicted octanol–water partition coefficient (Wildman–Crippen LogP) is 4.35. The van der Waals surface area contributed by atoms with Crippen LogP contribution in [0.2, 0.25) is 0 Å². The van der Waals surface area contributed by atoms with Crippen LogP contribution >= 0.6 is 0 Å². The number of carbonyl (C=O) groups is 1. The molecule has 0 fully saturated rings. The number of benzene rings is 3. The lowest BCUT2D eigenvalue weighted by Gasteiger charge is -2.26. The van der Waals surface area contributed by atoms with Crippen LogP contribution in [0.25, 0.3) is 0 Å². The zero-order valence-corrected chi connectivity index (χ0v) is 18.4. The van der Waals surface area contributed by atoms with E-state index in [-0.39, 0.29) is 18.5 Å². The summed E-state index contributed by atoms with van der Waals surface area (Å²) in [6, 6.07) is 23.5. The predicted molar refractivity (Wildman–Crippen MR) is 124 cm³/mol. The number of hydrogen-bond donors (Lipinski definition) is 1. The second kappa shape index (κ2) is 10.1. The molecule has 0 aliphatic carbocycles. The first-order valence-electron chi connectivity index (χ1n) is 10.7. The lowest BCUT2D eigenvalue weighted by atomic mass is 10.1. The molecule has 166 valence electrons. The third kappa shape index (κ3) is 5.32. The van der Waals surface area contributed by atoms with E-state index >= 15 is 0 Å². The fourth-order valence-electron chi connectivity index (χ4n) is 3.71. The van der Waals surface area contributed by atoms with Gasteiger partial charge in [-0.15, -0.1) is 0 Å². The molecule has 1 heterocycles. The molecule has 32 heavy (non-hydrogen) atoms. The Morgan fingerprint density at radius 1 is 1.00 bits per heavy atom. The van der Waals surface area contributed by atoms with E-state index in [1.807, 2.05) is 67.6 Å². The summed E-state index contributed by atoms with van der Waals surface area (Å²) < 4.78 is 16.5. The van der Waals surface area contributed by atoms with Crippen LogP contribution in [0, 0.1) is 0 Å². The lowest BCUT2D eigenvalue weighted by molar-refractivity contribution is -0.120. The van der Waals surface area contributed by atoms with Gasteiger partial charge in [-0.05, 0) is 54.4 Å². The van der Waals surface area contributed by atoms with Crippen molar-refractivity contribution >= 4 is 11.6 Å². The average molecular weight is 433 g/mol. The molecule has 1 aliphatic heterocycles. The van der Waals surface area contributed by atoms with Gasteiger partial charge in [0.25, 0.3) is 0 Å². The van der Waals surface area contributed by atoms with E-state index in [2.05, 4.69) is 22.3 Å². The Balaban J connectivity index is 1.46. The Hall–Kier alpha value is -3.67. The van der Waals surface area contributed by atoms with Gasteiger partial charge in [-0.25, -0.2) is 0 Å². The quantitative estimate of drug-likeness (QED) is 0.574. The van der Waals surface area contributed by atoms with Crippen LogP contribution in [0.1, 0.15) is 24.1 Å². The van der Waals surface area contributed by atoms with Crippen molar-refractivity contribution in [3.8, 4) is 17.2 Å². The number of nitrogens with one attached hydrogen (secondary N) is 1. The summed E-state index contributed by atoms with van der Waals surface area (Å²) >= 11 is 0. The third-order valence-corrected chi connectivity index (χ3v) is 5.43. The van der Waals surface area contributed by atoms with Crippen LogP contribution in [0.15, 0.2) is 72.8 Å². The molecule has 0 saturated carbocycles. The van der Waals surface area contributed by atoms with Gasteiger partial charge in [0.05, 0.1) is 19.7 Å². The molecule has 0 radical (unpaired) electrons. The van der Waals surface area contributed by atoms with Crippen molar-refractivity contribution in [3.63, 3.8) is 0 Å². The highest BCUT2D eigenvalue weighted by Gasteiger charge is 2.18. The van der Waals surface area contributed by atoms with Crippen LogP contribution in [0.5, 0.6) is 17.2 Å². The highest BCUT2D eigenvalue weighted by molar-refractivity contribution is 5.81. The van der Waals surface area contributed by atoms with E-state index in [0.29, 0.717) is 19.8 Å². The first kappa shape index (κ1) is 21.6. The van der Waals surface area contributed by atoms with Gasteiger partial charge >= 0.3 is 0 Å². The summed E-state index contributed by atoms with van der Waals surface area (Å²) in [7, 11) is 1.64. The maximum atomic E-state index is 13.0. The second-order valence-electron chi connectivity index (χ2n) is 7.73. The fourth-order valence-corrected chi connectivity index (χ4v) is 3.71. The summed E-state index contributed by atoms with van der Waals surface area (Å²) in [6.45, 7) is 3.92. The number of amides is 1. The Morgan fingerprint density at radius 2 is 1.72 bits per heavy atom. The molecular formula is C26H28N2O4. The van der Waals surface area contributed by atoms with Gasteiger partial charge in [-0.1, -0.05) is 36.4 Å². The molecule has 1 unspecified atom stereocenters. The number of ether oxygens (including phenoxy) is 3. The maximum Gasteiger partial charge on any atom is 0.240 e. The van der Waals surface area contributed by atoms with Gasteiger partial charge in [0.2, 0.25) is 5.91 Å². The van der Waals surface area contributed by atoms with Crippen molar-refractivity contribution in [2.24, 2.45) is 0 Å². The minimum Gasteiger partial charge on any atom is -0.497 e. The fraction of sp³-hybridized carbons (Fsp3) is 0.269. The van der Waals surface area contributed by atoms with Crippen molar-refractivity contribution < 1.29 is 19.0 Å².